The van der Waals surface area contributed by atoms with Gasteiger partial charge in [-0.1, -0.05) is 18.1 Å². The van der Waals surface area contributed by atoms with Crippen LogP contribution in [0, 0.1) is 11.2 Å². The van der Waals surface area contributed by atoms with Gasteiger partial charge in [0.15, 0.2) is 0 Å². The second-order valence-electron chi connectivity index (χ2n) is 3.65. The molecule has 4 heteroatoms. The van der Waals surface area contributed by atoms with Crippen LogP contribution in [-0.4, -0.2) is 19.7 Å². The van der Waals surface area contributed by atoms with Crippen molar-refractivity contribution in [1.29, 1.82) is 5.26 Å². The SMILES string of the molecule is CC[N@+]1(C)[B-](C#N)Sc2ccccc21. The van der Waals surface area contributed by atoms with E-state index in [1.807, 2.05) is 12.1 Å². The topological polar surface area (TPSA) is 23.8 Å². The minimum Gasteiger partial charge on any atom is -0.483 e. The summed E-state index contributed by atoms with van der Waals surface area (Å²) in [6, 6.07) is 8.31. The van der Waals surface area contributed by atoms with Gasteiger partial charge in [-0.05, 0) is 19.1 Å². The number of hydrogen-bond donors (Lipinski definition) is 0. The van der Waals surface area contributed by atoms with E-state index >= 15 is 0 Å². The maximum Gasteiger partial charge on any atom is 0.317 e. The fraction of sp³-hybridized carbons (Fsp3) is 0.300. The summed E-state index contributed by atoms with van der Waals surface area (Å²) < 4.78 is 0.733. The number of para-hydroxylation sites is 1. The molecule has 1 aliphatic rings. The smallest absolute Gasteiger partial charge is 0.317 e. The molecule has 1 aliphatic heterocycles. The van der Waals surface area contributed by atoms with Crippen molar-refractivity contribution in [3.63, 3.8) is 0 Å². The normalized spacial score (nSPS) is 25.8. The molecule has 1 aromatic carbocycles. The number of quaternary nitrogens is 1. The van der Waals surface area contributed by atoms with Crippen molar-refractivity contribution in [2.24, 2.45) is 0 Å². The molecule has 0 fully saturated rings. The molecule has 71 valence electrons. The summed E-state index contributed by atoms with van der Waals surface area (Å²) in [6.07, 6.45) is 0.0115. The van der Waals surface area contributed by atoms with Gasteiger partial charge in [0.1, 0.15) is 0 Å². The fourth-order valence-corrected chi connectivity index (χ4v) is 3.17. The minimum absolute atomic E-state index is 0.0115. The third kappa shape index (κ3) is 1.17. The standard InChI is InChI=1S/C10H12BN2S/c1-3-13(2)9-6-4-5-7-10(9)14-11(13)8-12/h4-7H,3H2,1-2H3/t13-/m0/s1. The number of benzene rings is 1. The van der Waals surface area contributed by atoms with Crippen LogP contribution in [0.1, 0.15) is 6.92 Å². The number of fused-ring (bicyclic) bond motifs is 1. The molecule has 0 saturated heterocycles. The summed E-state index contributed by atoms with van der Waals surface area (Å²) in [6.45, 7) is 3.09. The average Bonchev–Trinajstić information content (AvgIpc) is 2.53. The van der Waals surface area contributed by atoms with E-state index in [2.05, 4.69) is 32.1 Å². The molecule has 1 aromatic rings. The van der Waals surface area contributed by atoms with E-state index < -0.39 is 0 Å². The maximum absolute atomic E-state index is 9.12. The molecule has 1 heterocycles. The summed E-state index contributed by atoms with van der Waals surface area (Å²) in [7, 11) is 2.13. The summed E-state index contributed by atoms with van der Waals surface area (Å²) >= 11 is 1.68. The molecular weight excluding hydrogens is 191 g/mol. The molecule has 0 amide bonds. The molecular formula is C10H12BN2S. The third-order valence-corrected chi connectivity index (χ3v) is 4.33. The molecule has 2 nitrogen and oxygen atoms in total. The lowest BCUT2D eigenvalue weighted by Crippen LogP contribution is -2.52. The second-order valence-corrected chi connectivity index (χ2v) is 4.77. The molecule has 0 saturated carbocycles. The Morgan fingerprint density at radius 2 is 2.21 bits per heavy atom. The highest BCUT2D eigenvalue weighted by Gasteiger charge is 2.35. The van der Waals surface area contributed by atoms with Crippen molar-refractivity contribution in [1.82, 2.24) is 4.39 Å². The first kappa shape index (κ1) is 9.63. The molecule has 0 spiro atoms. The van der Waals surface area contributed by atoms with Crippen LogP contribution in [0.15, 0.2) is 29.2 Å². The molecule has 0 aliphatic carbocycles. The highest BCUT2D eigenvalue weighted by Crippen LogP contribution is 2.44. The van der Waals surface area contributed by atoms with Gasteiger partial charge in [-0.3, -0.25) is 11.6 Å². The quantitative estimate of drug-likeness (QED) is 0.654. The molecule has 1 atom stereocenters. The van der Waals surface area contributed by atoms with Gasteiger partial charge in [0.25, 0.3) is 0 Å². The summed E-state index contributed by atoms with van der Waals surface area (Å²) in [5, 5.41) is 9.12. The van der Waals surface area contributed by atoms with Gasteiger partial charge in [-0.2, -0.15) is 0 Å². The van der Waals surface area contributed by atoms with E-state index in [0.29, 0.717) is 0 Å². The third-order valence-electron chi connectivity index (χ3n) is 2.94. The van der Waals surface area contributed by atoms with Gasteiger partial charge in [0.05, 0.1) is 5.69 Å². The van der Waals surface area contributed by atoms with E-state index in [1.54, 1.807) is 11.6 Å². The first-order chi connectivity index (χ1) is 6.72. The lowest BCUT2D eigenvalue weighted by molar-refractivity contribution is 0.544. The Kier molecular flexibility index (Phi) is 2.30. The summed E-state index contributed by atoms with van der Waals surface area (Å²) in [4.78, 5) is 1.25. The van der Waals surface area contributed by atoms with Crippen molar-refractivity contribution < 1.29 is 0 Å². The molecule has 14 heavy (non-hydrogen) atoms. The van der Waals surface area contributed by atoms with E-state index in [9.17, 15) is 0 Å². The first-order valence-electron chi connectivity index (χ1n) is 4.73. The van der Waals surface area contributed by atoms with Gasteiger partial charge in [0.2, 0.25) is 0 Å². The van der Waals surface area contributed by atoms with E-state index in [-0.39, 0.29) is 6.13 Å². The van der Waals surface area contributed by atoms with Crippen LogP contribution in [0.3, 0.4) is 0 Å². The number of nitrogens with zero attached hydrogens (tertiary/aromatic N) is 2. The van der Waals surface area contributed by atoms with Gasteiger partial charge in [-0.15, -0.1) is 0 Å². The predicted molar refractivity (Wildman–Crippen MR) is 61.9 cm³/mol. The number of nitriles is 1. The largest absolute Gasteiger partial charge is 0.483 e. The van der Waals surface area contributed by atoms with Gasteiger partial charge in [0, 0.05) is 18.5 Å². The van der Waals surface area contributed by atoms with Crippen LogP contribution in [0.25, 0.3) is 0 Å². The van der Waals surface area contributed by atoms with Gasteiger partial charge < -0.3 is 4.39 Å². The Bertz CT molecular complexity index is 401. The van der Waals surface area contributed by atoms with Crippen molar-refractivity contribution in [3.8, 4) is 5.97 Å². The predicted octanol–water partition coefficient (Wildman–Crippen LogP) is 2.30. The molecule has 0 N–H and O–H groups in total. The van der Waals surface area contributed by atoms with E-state index in [1.165, 1.54) is 10.6 Å². The van der Waals surface area contributed by atoms with Crippen LogP contribution in [0.2, 0.25) is 0 Å². The zero-order valence-corrected chi connectivity index (χ0v) is 9.21. The Morgan fingerprint density at radius 3 is 2.86 bits per heavy atom. The average molecular weight is 203 g/mol. The lowest BCUT2D eigenvalue weighted by atomic mass is 9.87. The van der Waals surface area contributed by atoms with Crippen LogP contribution in [0.4, 0.5) is 5.69 Å². The lowest BCUT2D eigenvalue weighted by Gasteiger charge is -2.41. The van der Waals surface area contributed by atoms with E-state index in [0.717, 1.165) is 10.9 Å². The number of hydrogen-bond acceptors (Lipinski definition) is 2. The molecule has 0 unspecified atom stereocenters. The molecule has 2 rings (SSSR count). The van der Waals surface area contributed by atoms with Crippen molar-refractivity contribution >= 4 is 23.4 Å². The first-order valence-corrected chi connectivity index (χ1v) is 5.61. The van der Waals surface area contributed by atoms with Crippen LogP contribution >= 0.6 is 11.6 Å². The molecule has 0 bridgehead atoms. The number of rotatable bonds is 1. The van der Waals surface area contributed by atoms with Crippen LogP contribution in [0.5, 0.6) is 0 Å². The van der Waals surface area contributed by atoms with E-state index in [4.69, 9.17) is 5.26 Å². The Hall–Kier alpha value is -0.915. The van der Waals surface area contributed by atoms with Crippen LogP contribution < -0.4 is 4.39 Å². The Balaban J connectivity index is 2.54. The van der Waals surface area contributed by atoms with Crippen LogP contribution in [-0.2, 0) is 0 Å². The zero-order valence-electron chi connectivity index (χ0n) is 8.40. The highest BCUT2D eigenvalue weighted by molar-refractivity contribution is 8.26. The summed E-state index contributed by atoms with van der Waals surface area (Å²) in [5.74, 6) is 2.39. The second kappa shape index (κ2) is 3.34. The van der Waals surface area contributed by atoms with Gasteiger partial charge >= 0.3 is 6.13 Å². The van der Waals surface area contributed by atoms with Crippen molar-refractivity contribution in [2.45, 2.75) is 11.8 Å². The summed E-state index contributed by atoms with van der Waals surface area (Å²) in [5.41, 5.74) is 1.28. The maximum atomic E-state index is 9.12. The van der Waals surface area contributed by atoms with Crippen molar-refractivity contribution in [3.05, 3.63) is 24.3 Å². The van der Waals surface area contributed by atoms with Crippen molar-refractivity contribution in [2.75, 3.05) is 13.6 Å². The fourth-order valence-electron chi connectivity index (χ4n) is 1.83. The molecule has 0 aromatic heterocycles. The van der Waals surface area contributed by atoms with Gasteiger partial charge in [-0.25, -0.2) is 5.26 Å². The monoisotopic (exact) mass is 203 g/mol. The highest BCUT2D eigenvalue weighted by atomic mass is 32.2. The molecule has 1 radical (unpaired) electrons. The Morgan fingerprint density at radius 1 is 1.50 bits per heavy atom. The minimum atomic E-state index is 0.0115. The Labute approximate surface area is 89.1 Å². The zero-order chi connectivity index (χ0) is 10.2.